The molecule has 1 fully saturated rings. The van der Waals surface area contributed by atoms with E-state index in [4.69, 9.17) is 0 Å². The van der Waals surface area contributed by atoms with Crippen molar-refractivity contribution in [3.63, 3.8) is 0 Å². The maximum Gasteiger partial charge on any atom is 0.241 e. The molecule has 2 unspecified atom stereocenters. The molecule has 2 rings (SSSR count). The Bertz CT molecular complexity index is 649. The molecule has 1 heterocycles. The molecule has 8 heteroatoms. The fraction of sp³-hybridized carbons (Fsp3) is 0.562. The van der Waals surface area contributed by atoms with Gasteiger partial charge in [0.15, 0.2) is 0 Å². The monoisotopic (exact) mass is 375 g/mol. The molecular weight excluding hydrogens is 350 g/mol. The van der Waals surface area contributed by atoms with Crippen LogP contribution in [0, 0.1) is 0 Å². The van der Waals surface area contributed by atoms with Crippen LogP contribution in [0.1, 0.15) is 31.0 Å². The van der Waals surface area contributed by atoms with E-state index in [-0.39, 0.29) is 24.4 Å². The third-order valence-electron chi connectivity index (χ3n) is 4.06. The zero-order valence-corrected chi connectivity index (χ0v) is 15.9. The number of hydrogen-bond acceptors (Lipinski definition) is 4. The van der Waals surface area contributed by atoms with Crippen LogP contribution in [0.3, 0.4) is 0 Å². The molecule has 1 aromatic rings. The Kier molecular flexibility index (Phi) is 7.66. The molecule has 0 aliphatic carbocycles. The molecule has 24 heavy (non-hydrogen) atoms. The van der Waals surface area contributed by atoms with Crippen LogP contribution in [0.2, 0.25) is 0 Å². The third kappa shape index (κ3) is 5.44. The normalized spacial score (nSPS) is 19.5. The van der Waals surface area contributed by atoms with Gasteiger partial charge in [0.05, 0.1) is 18.3 Å². The van der Waals surface area contributed by atoms with Gasteiger partial charge in [-0.25, -0.2) is 13.1 Å². The summed E-state index contributed by atoms with van der Waals surface area (Å²) in [6.07, 6.45) is 2.04. The van der Waals surface area contributed by atoms with Crippen molar-refractivity contribution in [2.24, 2.45) is 0 Å². The molecule has 1 saturated heterocycles. The largest absolute Gasteiger partial charge is 0.332 e. The zero-order valence-electron chi connectivity index (χ0n) is 14.3. The highest BCUT2D eigenvalue weighted by atomic mass is 35.5. The lowest BCUT2D eigenvalue weighted by Crippen LogP contribution is -2.54. The minimum absolute atomic E-state index is 0. The average molecular weight is 376 g/mol. The Labute approximate surface area is 150 Å². The van der Waals surface area contributed by atoms with Crippen LogP contribution in [0.25, 0.3) is 0 Å². The summed E-state index contributed by atoms with van der Waals surface area (Å²) < 4.78 is 25.1. The van der Waals surface area contributed by atoms with Crippen molar-refractivity contribution in [1.82, 2.24) is 14.9 Å². The topological polar surface area (TPSA) is 78.5 Å². The van der Waals surface area contributed by atoms with Gasteiger partial charge in [0.25, 0.3) is 0 Å². The van der Waals surface area contributed by atoms with Gasteiger partial charge in [0.2, 0.25) is 15.9 Å². The van der Waals surface area contributed by atoms with Crippen molar-refractivity contribution in [2.75, 3.05) is 25.9 Å². The van der Waals surface area contributed by atoms with Crippen molar-refractivity contribution in [3.05, 3.63) is 35.4 Å². The molecule has 0 spiro atoms. The van der Waals surface area contributed by atoms with Gasteiger partial charge in [-0.1, -0.05) is 31.2 Å². The minimum Gasteiger partial charge on any atom is -0.332 e. The number of amides is 1. The summed E-state index contributed by atoms with van der Waals surface area (Å²) in [6, 6.07) is 7.40. The first-order chi connectivity index (χ1) is 10.8. The number of hydrogen-bond donors (Lipinski definition) is 2. The zero-order chi connectivity index (χ0) is 17.0. The quantitative estimate of drug-likeness (QED) is 0.807. The Morgan fingerprint density at radius 1 is 1.38 bits per heavy atom. The number of carbonyl (C=O) groups is 1. The molecule has 0 aromatic heterocycles. The van der Waals surface area contributed by atoms with E-state index in [2.05, 4.69) is 29.1 Å². The molecule has 1 amide bonds. The van der Waals surface area contributed by atoms with Gasteiger partial charge < -0.3 is 10.2 Å². The molecule has 1 aliphatic heterocycles. The van der Waals surface area contributed by atoms with Crippen LogP contribution in [0.15, 0.2) is 24.3 Å². The predicted octanol–water partition coefficient (Wildman–Crippen LogP) is 1.08. The van der Waals surface area contributed by atoms with Gasteiger partial charge in [-0.3, -0.25) is 4.79 Å². The van der Waals surface area contributed by atoms with Crippen molar-refractivity contribution >= 4 is 28.3 Å². The first-order valence-electron chi connectivity index (χ1n) is 7.89. The van der Waals surface area contributed by atoms with E-state index in [1.54, 1.807) is 11.8 Å². The van der Waals surface area contributed by atoms with Crippen molar-refractivity contribution in [1.29, 1.82) is 0 Å². The first kappa shape index (κ1) is 20.9. The molecule has 1 aliphatic rings. The van der Waals surface area contributed by atoms with Gasteiger partial charge in [0, 0.05) is 19.6 Å². The lowest BCUT2D eigenvalue weighted by molar-refractivity contribution is -0.136. The highest BCUT2D eigenvalue weighted by molar-refractivity contribution is 7.88. The summed E-state index contributed by atoms with van der Waals surface area (Å²) in [5.41, 5.74) is 2.32. The number of piperazine rings is 1. The van der Waals surface area contributed by atoms with E-state index in [1.165, 1.54) is 5.56 Å². The summed E-state index contributed by atoms with van der Waals surface area (Å²) in [7, 11) is -3.41. The molecule has 0 saturated carbocycles. The van der Waals surface area contributed by atoms with Crippen molar-refractivity contribution in [2.45, 2.75) is 32.4 Å². The smallest absolute Gasteiger partial charge is 0.241 e. The van der Waals surface area contributed by atoms with E-state index in [1.807, 2.05) is 12.1 Å². The summed E-state index contributed by atoms with van der Waals surface area (Å²) in [4.78, 5) is 14.4. The number of rotatable bonds is 5. The summed E-state index contributed by atoms with van der Waals surface area (Å²) in [6.45, 7) is 5.63. The summed E-state index contributed by atoms with van der Waals surface area (Å²) in [5, 5.41) is 3.30. The summed E-state index contributed by atoms with van der Waals surface area (Å²) in [5.74, 6) is -0.193. The van der Waals surface area contributed by atoms with Crippen LogP contribution in [-0.2, 0) is 21.2 Å². The van der Waals surface area contributed by atoms with E-state index in [9.17, 15) is 13.2 Å². The second-order valence-corrected chi connectivity index (χ2v) is 7.74. The fourth-order valence-electron chi connectivity index (χ4n) is 2.86. The Hall–Kier alpha value is -1.15. The molecule has 1 aromatic carbocycles. The van der Waals surface area contributed by atoms with Crippen molar-refractivity contribution < 1.29 is 13.2 Å². The Morgan fingerprint density at radius 3 is 2.54 bits per heavy atom. The van der Waals surface area contributed by atoms with Gasteiger partial charge in [-0.2, -0.15) is 0 Å². The molecule has 2 N–H and O–H groups in total. The highest BCUT2D eigenvalue weighted by Crippen LogP contribution is 2.23. The second kappa shape index (κ2) is 8.80. The first-order valence-corrected chi connectivity index (χ1v) is 9.78. The average Bonchev–Trinajstić information content (AvgIpc) is 2.52. The second-order valence-electron chi connectivity index (χ2n) is 5.96. The lowest BCUT2D eigenvalue weighted by Gasteiger charge is -2.38. The van der Waals surface area contributed by atoms with Crippen molar-refractivity contribution in [3.8, 4) is 0 Å². The number of nitrogens with zero attached hydrogens (tertiary/aromatic N) is 1. The third-order valence-corrected chi connectivity index (χ3v) is 4.84. The highest BCUT2D eigenvalue weighted by Gasteiger charge is 2.31. The van der Waals surface area contributed by atoms with Gasteiger partial charge >= 0.3 is 0 Å². The van der Waals surface area contributed by atoms with E-state index >= 15 is 0 Å². The molecule has 2 atom stereocenters. The summed E-state index contributed by atoms with van der Waals surface area (Å²) >= 11 is 0. The van der Waals surface area contributed by atoms with E-state index < -0.39 is 16.1 Å². The number of nitrogens with one attached hydrogen (secondary N) is 2. The van der Waals surface area contributed by atoms with Gasteiger partial charge in [0.1, 0.15) is 0 Å². The maximum atomic E-state index is 12.7. The van der Waals surface area contributed by atoms with Crippen LogP contribution in [-0.4, -0.2) is 51.2 Å². The Morgan fingerprint density at radius 2 is 2.00 bits per heavy atom. The van der Waals surface area contributed by atoms with Crippen LogP contribution >= 0.6 is 12.4 Å². The number of sulfonamides is 1. The van der Waals surface area contributed by atoms with E-state index in [0.717, 1.165) is 18.2 Å². The number of carbonyl (C=O) groups excluding carboxylic acids is 1. The minimum atomic E-state index is -3.41. The molecular formula is C16H26ClN3O3S. The maximum absolute atomic E-state index is 12.7. The van der Waals surface area contributed by atoms with Crippen LogP contribution < -0.4 is 10.0 Å². The molecule has 6 nitrogen and oxygen atoms in total. The number of benzene rings is 1. The molecule has 0 bridgehead atoms. The van der Waals surface area contributed by atoms with Gasteiger partial charge in [-0.05, 0) is 24.5 Å². The number of aryl methyl sites for hydroxylation is 1. The molecule has 0 radical (unpaired) electrons. The van der Waals surface area contributed by atoms with Crippen LogP contribution in [0.4, 0.5) is 0 Å². The van der Waals surface area contributed by atoms with Crippen LogP contribution in [0.5, 0.6) is 0 Å². The standard InChI is InChI=1S/C16H25N3O3S.ClH/c1-4-13-5-7-14(8-6-13)15-11-17-9-10-19(15)16(20)12(2)18-23(3,21)22;/h5-8,12,15,17-18H,4,9-11H2,1-3H3;1H. The number of halogens is 1. The molecule has 136 valence electrons. The van der Waals surface area contributed by atoms with E-state index in [0.29, 0.717) is 19.6 Å². The van der Waals surface area contributed by atoms with Gasteiger partial charge in [-0.15, -0.1) is 12.4 Å². The Balaban J connectivity index is 0.00000288. The SMILES string of the molecule is CCc1ccc(C2CNCCN2C(=O)C(C)NS(C)(=O)=O)cc1.Cl. The lowest BCUT2D eigenvalue weighted by atomic mass is 10.0. The predicted molar refractivity (Wildman–Crippen MR) is 97.8 cm³/mol. The fourth-order valence-corrected chi connectivity index (χ4v) is 3.60.